The van der Waals surface area contributed by atoms with Gasteiger partial charge in [-0.2, -0.15) is 0 Å². The van der Waals surface area contributed by atoms with Crippen LogP contribution < -0.4 is 0 Å². The van der Waals surface area contributed by atoms with Crippen LogP contribution in [0.2, 0.25) is 0 Å². The van der Waals surface area contributed by atoms with Gasteiger partial charge in [0.1, 0.15) is 0 Å². The molecule has 0 radical (unpaired) electrons. The Morgan fingerprint density at radius 2 is 1.60 bits per heavy atom. The van der Waals surface area contributed by atoms with Gasteiger partial charge in [0.2, 0.25) is 0 Å². The topological polar surface area (TPSA) is 63.6 Å². The third kappa shape index (κ3) is 5.00. The first kappa shape index (κ1) is 18.9. The molecule has 0 fully saturated rings. The van der Waals surface area contributed by atoms with Crippen molar-refractivity contribution in [3.05, 3.63) is 71.3 Å². The number of carbonyl (C=O) groups is 2. The predicted octanol–water partition coefficient (Wildman–Crippen LogP) is 4.15. The summed E-state index contributed by atoms with van der Waals surface area (Å²) < 4.78 is 5.70. The summed E-state index contributed by atoms with van der Waals surface area (Å²) in [4.78, 5) is 23.5. The first-order chi connectivity index (χ1) is 11.9. The van der Waals surface area contributed by atoms with Gasteiger partial charge < -0.3 is 9.84 Å². The van der Waals surface area contributed by atoms with Crippen LogP contribution in [0.15, 0.2) is 54.6 Å². The average Bonchev–Trinajstić information content (AvgIpc) is 2.65. The highest BCUT2D eigenvalue weighted by molar-refractivity contribution is 6.09. The number of hydrogen-bond donors (Lipinski definition) is 1. The second kappa shape index (κ2) is 8.58. The van der Waals surface area contributed by atoms with Crippen LogP contribution in [0.5, 0.6) is 0 Å². The second-order valence-corrected chi connectivity index (χ2v) is 6.39. The molecular formula is C21H24O4. The molecule has 3 atom stereocenters. The van der Waals surface area contributed by atoms with Crippen LogP contribution in [0.4, 0.5) is 0 Å². The van der Waals surface area contributed by atoms with Gasteiger partial charge in [-0.25, -0.2) is 0 Å². The first-order valence-corrected chi connectivity index (χ1v) is 8.44. The molecule has 1 N–H and O–H groups in total. The van der Waals surface area contributed by atoms with Crippen LogP contribution in [0.1, 0.15) is 48.2 Å². The molecule has 0 bridgehead atoms. The lowest BCUT2D eigenvalue weighted by Gasteiger charge is -2.20. The Labute approximate surface area is 148 Å². The molecule has 0 aliphatic heterocycles. The Bertz CT molecular complexity index is 724. The molecule has 0 saturated heterocycles. The molecule has 132 valence electrons. The molecule has 2 aromatic rings. The zero-order valence-corrected chi connectivity index (χ0v) is 14.8. The summed E-state index contributed by atoms with van der Waals surface area (Å²) in [5.74, 6) is -1.37. The van der Waals surface area contributed by atoms with Crippen LogP contribution in [0.3, 0.4) is 0 Å². The zero-order chi connectivity index (χ0) is 18.4. The summed E-state index contributed by atoms with van der Waals surface area (Å²) in [5, 5.41) is 9.02. The number of ketones is 1. The van der Waals surface area contributed by atoms with E-state index >= 15 is 0 Å². The summed E-state index contributed by atoms with van der Waals surface area (Å²) in [6, 6.07) is 16.7. The van der Waals surface area contributed by atoms with E-state index in [0.717, 1.165) is 5.56 Å². The average molecular weight is 340 g/mol. The summed E-state index contributed by atoms with van der Waals surface area (Å²) in [6.45, 7) is 5.81. The number of carbonyl (C=O) groups excluding carboxylic acids is 1. The lowest BCUT2D eigenvalue weighted by atomic mass is 9.96. The minimum Gasteiger partial charge on any atom is -0.481 e. The SMILES string of the molecule is CC(C(=O)O)[C@@H](C)OC[C@@H](C)c1cccc(C(=O)c2ccccc2)c1. The number of carboxylic acid groups (broad SMARTS) is 1. The second-order valence-electron chi connectivity index (χ2n) is 6.39. The van der Waals surface area contributed by atoms with E-state index in [1.807, 2.05) is 49.4 Å². The van der Waals surface area contributed by atoms with E-state index in [1.54, 1.807) is 26.0 Å². The van der Waals surface area contributed by atoms with E-state index < -0.39 is 11.9 Å². The predicted molar refractivity (Wildman–Crippen MR) is 96.9 cm³/mol. The molecule has 2 aromatic carbocycles. The maximum Gasteiger partial charge on any atom is 0.308 e. The minimum atomic E-state index is -0.865. The molecule has 4 heteroatoms. The van der Waals surface area contributed by atoms with Gasteiger partial charge in [-0.1, -0.05) is 55.5 Å². The van der Waals surface area contributed by atoms with Crippen molar-refractivity contribution in [1.29, 1.82) is 0 Å². The minimum absolute atomic E-state index is 0.0107. The van der Waals surface area contributed by atoms with E-state index in [2.05, 4.69) is 0 Å². The maximum absolute atomic E-state index is 12.6. The van der Waals surface area contributed by atoms with E-state index in [4.69, 9.17) is 9.84 Å². The third-order valence-electron chi connectivity index (χ3n) is 4.46. The first-order valence-electron chi connectivity index (χ1n) is 8.44. The van der Waals surface area contributed by atoms with Crippen molar-refractivity contribution in [3.63, 3.8) is 0 Å². The summed E-state index contributed by atoms with van der Waals surface area (Å²) in [5.41, 5.74) is 2.30. The van der Waals surface area contributed by atoms with Crippen molar-refractivity contribution in [2.45, 2.75) is 32.8 Å². The van der Waals surface area contributed by atoms with Gasteiger partial charge in [-0.15, -0.1) is 0 Å². The number of hydrogen-bond acceptors (Lipinski definition) is 3. The van der Waals surface area contributed by atoms with Gasteiger partial charge in [0.25, 0.3) is 0 Å². The fraction of sp³-hybridized carbons (Fsp3) is 0.333. The number of rotatable bonds is 8. The van der Waals surface area contributed by atoms with Crippen molar-refractivity contribution in [2.75, 3.05) is 6.61 Å². The Morgan fingerprint density at radius 3 is 2.24 bits per heavy atom. The molecule has 0 saturated carbocycles. The highest BCUT2D eigenvalue weighted by Gasteiger charge is 2.21. The van der Waals surface area contributed by atoms with Gasteiger partial charge in [0.15, 0.2) is 5.78 Å². The smallest absolute Gasteiger partial charge is 0.308 e. The molecule has 2 rings (SSSR count). The van der Waals surface area contributed by atoms with Crippen LogP contribution >= 0.6 is 0 Å². The van der Waals surface area contributed by atoms with Crippen molar-refractivity contribution in [1.82, 2.24) is 0 Å². The highest BCUT2D eigenvalue weighted by Crippen LogP contribution is 2.20. The van der Waals surface area contributed by atoms with Crippen LogP contribution in [-0.4, -0.2) is 29.6 Å². The lowest BCUT2D eigenvalue weighted by molar-refractivity contribution is -0.146. The number of ether oxygens (including phenoxy) is 1. The molecule has 0 amide bonds. The standard InChI is InChI=1S/C21H24O4/c1-14(13-25-16(3)15(2)21(23)24)18-10-7-11-19(12-18)20(22)17-8-5-4-6-9-17/h4-12,14-16H,13H2,1-3H3,(H,23,24)/t14-,15?,16-/m1/s1. The van der Waals surface area contributed by atoms with Crippen molar-refractivity contribution >= 4 is 11.8 Å². The number of aliphatic carboxylic acids is 1. The Kier molecular flexibility index (Phi) is 6.48. The number of benzene rings is 2. The monoisotopic (exact) mass is 340 g/mol. The fourth-order valence-corrected chi connectivity index (χ4v) is 2.48. The van der Waals surface area contributed by atoms with E-state index in [1.165, 1.54) is 0 Å². The molecule has 0 aromatic heterocycles. The molecule has 1 unspecified atom stereocenters. The zero-order valence-electron chi connectivity index (χ0n) is 14.8. The summed E-state index contributed by atoms with van der Waals surface area (Å²) in [6.07, 6.45) is -0.367. The summed E-state index contributed by atoms with van der Waals surface area (Å²) in [7, 11) is 0. The fourth-order valence-electron chi connectivity index (χ4n) is 2.48. The highest BCUT2D eigenvalue weighted by atomic mass is 16.5. The number of carboxylic acids is 1. The Morgan fingerprint density at radius 1 is 0.960 bits per heavy atom. The van der Waals surface area contributed by atoms with Gasteiger partial charge in [0.05, 0.1) is 18.6 Å². The van der Waals surface area contributed by atoms with E-state index in [0.29, 0.717) is 17.7 Å². The van der Waals surface area contributed by atoms with Gasteiger partial charge in [-0.3, -0.25) is 9.59 Å². The van der Waals surface area contributed by atoms with Crippen LogP contribution in [0.25, 0.3) is 0 Å². The van der Waals surface area contributed by atoms with Gasteiger partial charge >= 0.3 is 5.97 Å². The van der Waals surface area contributed by atoms with E-state index in [9.17, 15) is 9.59 Å². The van der Waals surface area contributed by atoms with Crippen molar-refractivity contribution < 1.29 is 19.4 Å². The molecule has 0 aliphatic carbocycles. The van der Waals surface area contributed by atoms with Crippen molar-refractivity contribution in [2.24, 2.45) is 5.92 Å². The molecule has 25 heavy (non-hydrogen) atoms. The summed E-state index contributed by atoms with van der Waals surface area (Å²) >= 11 is 0. The quantitative estimate of drug-likeness (QED) is 0.733. The van der Waals surface area contributed by atoms with Gasteiger partial charge in [0, 0.05) is 17.0 Å². The molecule has 0 heterocycles. The molecule has 0 aliphatic rings. The van der Waals surface area contributed by atoms with E-state index in [-0.39, 0.29) is 17.8 Å². The molecular weight excluding hydrogens is 316 g/mol. The van der Waals surface area contributed by atoms with Crippen molar-refractivity contribution in [3.8, 4) is 0 Å². The lowest BCUT2D eigenvalue weighted by Crippen LogP contribution is -2.26. The van der Waals surface area contributed by atoms with Crippen LogP contribution in [-0.2, 0) is 9.53 Å². The van der Waals surface area contributed by atoms with Crippen LogP contribution in [0, 0.1) is 5.92 Å². The molecule has 0 spiro atoms. The van der Waals surface area contributed by atoms with Gasteiger partial charge in [-0.05, 0) is 25.5 Å². The largest absolute Gasteiger partial charge is 0.481 e. The Balaban J connectivity index is 2.05. The normalized spacial score (nSPS) is 14.5. The maximum atomic E-state index is 12.6. The third-order valence-corrected chi connectivity index (χ3v) is 4.46. The molecule has 4 nitrogen and oxygen atoms in total. The Hall–Kier alpha value is -2.46.